The number of amides is 2. The Hall–Kier alpha value is -1.82. The third-order valence-corrected chi connectivity index (χ3v) is 2.93. The first-order valence-corrected chi connectivity index (χ1v) is 5.93. The van der Waals surface area contributed by atoms with Crippen LogP contribution in [-0.4, -0.2) is 49.2 Å². The molecule has 6 nitrogen and oxygen atoms in total. The van der Waals surface area contributed by atoms with Crippen LogP contribution in [0.5, 0.6) is 5.88 Å². The second kappa shape index (κ2) is 5.68. The Kier molecular flexibility index (Phi) is 3.99. The smallest absolute Gasteiger partial charge is 0.319 e. The van der Waals surface area contributed by atoms with Crippen LogP contribution >= 0.6 is 0 Å². The van der Waals surface area contributed by atoms with Crippen LogP contribution in [0.2, 0.25) is 0 Å². The third-order valence-electron chi connectivity index (χ3n) is 2.93. The van der Waals surface area contributed by atoms with E-state index in [0.29, 0.717) is 11.6 Å². The zero-order valence-corrected chi connectivity index (χ0v) is 10.6. The molecule has 2 N–H and O–H groups in total. The van der Waals surface area contributed by atoms with E-state index in [0.717, 1.165) is 19.5 Å². The molecule has 1 aromatic rings. The van der Waals surface area contributed by atoms with Crippen LogP contribution in [0.25, 0.3) is 0 Å². The minimum atomic E-state index is -0.192. The van der Waals surface area contributed by atoms with Crippen molar-refractivity contribution in [1.82, 2.24) is 15.2 Å². The summed E-state index contributed by atoms with van der Waals surface area (Å²) in [6, 6.07) is 3.49. The van der Waals surface area contributed by atoms with Crippen molar-refractivity contribution in [2.75, 3.05) is 32.6 Å². The predicted octanol–water partition coefficient (Wildman–Crippen LogP) is 0.916. The highest BCUT2D eigenvalue weighted by atomic mass is 16.5. The van der Waals surface area contributed by atoms with Crippen molar-refractivity contribution in [3.8, 4) is 5.88 Å². The fraction of sp³-hybridized carbons (Fsp3) is 0.500. The number of nitrogens with zero attached hydrogens (tertiary/aromatic N) is 2. The van der Waals surface area contributed by atoms with E-state index < -0.39 is 0 Å². The van der Waals surface area contributed by atoms with Gasteiger partial charge in [-0.1, -0.05) is 0 Å². The van der Waals surface area contributed by atoms with Crippen LogP contribution in [-0.2, 0) is 0 Å². The molecule has 2 rings (SSSR count). The lowest BCUT2D eigenvalue weighted by Gasteiger charge is -2.13. The standard InChI is InChI=1S/C12H18N4O2/c1-16-6-5-10(8-16)15-12(17)14-9-3-4-11(18-2)13-7-9/h3-4,7,10H,5-6,8H2,1-2H3,(H2,14,15,17)/t10-/m1/s1. The van der Waals surface area contributed by atoms with Gasteiger partial charge in [-0.2, -0.15) is 0 Å². The number of likely N-dealkylation sites (tertiary alicyclic amines) is 1. The second-order valence-electron chi connectivity index (χ2n) is 4.44. The molecule has 2 heterocycles. The van der Waals surface area contributed by atoms with Crippen molar-refractivity contribution < 1.29 is 9.53 Å². The van der Waals surface area contributed by atoms with Gasteiger partial charge in [-0.15, -0.1) is 0 Å². The van der Waals surface area contributed by atoms with Crippen LogP contribution in [0.15, 0.2) is 18.3 Å². The summed E-state index contributed by atoms with van der Waals surface area (Å²) in [5.41, 5.74) is 0.652. The van der Waals surface area contributed by atoms with E-state index in [1.807, 2.05) is 7.05 Å². The molecule has 0 saturated carbocycles. The zero-order chi connectivity index (χ0) is 13.0. The Labute approximate surface area is 106 Å². The van der Waals surface area contributed by atoms with Crippen molar-refractivity contribution in [1.29, 1.82) is 0 Å². The van der Waals surface area contributed by atoms with Crippen molar-refractivity contribution >= 4 is 11.7 Å². The molecule has 0 aliphatic carbocycles. The number of likely N-dealkylation sites (N-methyl/N-ethyl adjacent to an activating group) is 1. The van der Waals surface area contributed by atoms with Gasteiger partial charge in [0, 0.05) is 18.7 Å². The Morgan fingerprint density at radius 1 is 1.56 bits per heavy atom. The highest BCUT2D eigenvalue weighted by molar-refractivity contribution is 5.89. The molecular formula is C12H18N4O2. The van der Waals surface area contributed by atoms with E-state index >= 15 is 0 Å². The van der Waals surface area contributed by atoms with Gasteiger partial charge in [0.2, 0.25) is 5.88 Å². The average molecular weight is 250 g/mol. The SMILES string of the molecule is COc1ccc(NC(=O)N[C@@H]2CCN(C)C2)cn1. The van der Waals surface area contributed by atoms with E-state index in [4.69, 9.17) is 4.74 Å². The summed E-state index contributed by atoms with van der Waals surface area (Å²) in [5, 5.41) is 5.68. The first kappa shape index (κ1) is 12.6. The molecule has 0 bridgehead atoms. The summed E-state index contributed by atoms with van der Waals surface area (Å²) < 4.78 is 4.95. The van der Waals surface area contributed by atoms with Crippen LogP contribution in [0.1, 0.15) is 6.42 Å². The molecule has 1 aliphatic rings. The van der Waals surface area contributed by atoms with Gasteiger partial charge < -0.3 is 20.3 Å². The van der Waals surface area contributed by atoms with Gasteiger partial charge in [0.1, 0.15) is 0 Å². The number of aromatic nitrogens is 1. The van der Waals surface area contributed by atoms with Crippen molar-refractivity contribution in [3.05, 3.63) is 18.3 Å². The maximum absolute atomic E-state index is 11.7. The molecule has 6 heteroatoms. The molecule has 0 spiro atoms. The van der Waals surface area contributed by atoms with Crippen LogP contribution in [0, 0.1) is 0 Å². The maximum atomic E-state index is 11.7. The van der Waals surface area contributed by atoms with E-state index in [9.17, 15) is 4.79 Å². The first-order chi connectivity index (χ1) is 8.67. The molecule has 0 unspecified atom stereocenters. The molecule has 1 saturated heterocycles. The van der Waals surface area contributed by atoms with Gasteiger partial charge in [0.05, 0.1) is 19.0 Å². The minimum Gasteiger partial charge on any atom is -0.481 e. The van der Waals surface area contributed by atoms with Crippen LogP contribution < -0.4 is 15.4 Å². The quantitative estimate of drug-likeness (QED) is 0.837. The Bertz CT molecular complexity index is 407. The fourth-order valence-electron chi connectivity index (χ4n) is 1.98. The number of rotatable bonds is 3. The van der Waals surface area contributed by atoms with E-state index in [1.54, 1.807) is 25.4 Å². The third kappa shape index (κ3) is 3.33. The van der Waals surface area contributed by atoms with Gasteiger partial charge in [-0.05, 0) is 26.1 Å². The molecule has 1 fully saturated rings. The lowest BCUT2D eigenvalue weighted by atomic mass is 10.3. The van der Waals surface area contributed by atoms with Gasteiger partial charge in [-0.25, -0.2) is 9.78 Å². The zero-order valence-electron chi connectivity index (χ0n) is 10.6. The number of urea groups is 1. The van der Waals surface area contributed by atoms with E-state index in [1.165, 1.54) is 0 Å². The first-order valence-electron chi connectivity index (χ1n) is 5.93. The molecule has 2 amide bonds. The summed E-state index contributed by atoms with van der Waals surface area (Å²) in [7, 11) is 3.60. The number of carbonyl (C=O) groups excluding carboxylic acids is 1. The molecule has 98 valence electrons. The lowest BCUT2D eigenvalue weighted by Crippen LogP contribution is -2.39. The summed E-state index contributed by atoms with van der Waals surface area (Å²) in [4.78, 5) is 17.9. The van der Waals surface area contributed by atoms with E-state index in [2.05, 4.69) is 20.5 Å². The summed E-state index contributed by atoms with van der Waals surface area (Å²) in [6.07, 6.45) is 2.56. The maximum Gasteiger partial charge on any atom is 0.319 e. The Morgan fingerprint density at radius 3 is 2.94 bits per heavy atom. The van der Waals surface area contributed by atoms with Crippen molar-refractivity contribution in [3.63, 3.8) is 0 Å². The molecule has 18 heavy (non-hydrogen) atoms. The Balaban J connectivity index is 1.83. The number of hydrogen-bond acceptors (Lipinski definition) is 4. The number of methoxy groups -OCH3 is 1. The average Bonchev–Trinajstić information content (AvgIpc) is 2.75. The largest absolute Gasteiger partial charge is 0.481 e. The number of carbonyl (C=O) groups is 1. The van der Waals surface area contributed by atoms with Crippen molar-refractivity contribution in [2.45, 2.75) is 12.5 Å². The normalized spacial score (nSPS) is 19.6. The minimum absolute atomic E-state index is 0.192. The molecule has 1 atom stereocenters. The molecular weight excluding hydrogens is 232 g/mol. The topological polar surface area (TPSA) is 66.5 Å². The second-order valence-corrected chi connectivity index (χ2v) is 4.44. The van der Waals surface area contributed by atoms with Crippen LogP contribution in [0.3, 0.4) is 0 Å². The number of pyridine rings is 1. The molecule has 1 aromatic heterocycles. The van der Waals surface area contributed by atoms with Crippen molar-refractivity contribution in [2.24, 2.45) is 0 Å². The summed E-state index contributed by atoms with van der Waals surface area (Å²) >= 11 is 0. The van der Waals surface area contributed by atoms with E-state index in [-0.39, 0.29) is 12.1 Å². The number of ether oxygens (including phenoxy) is 1. The van der Waals surface area contributed by atoms with Gasteiger partial charge in [0.15, 0.2) is 0 Å². The number of hydrogen-bond donors (Lipinski definition) is 2. The van der Waals surface area contributed by atoms with Gasteiger partial charge in [0.25, 0.3) is 0 Å². The highest BCUT2D eigenvalue weighted by Gasteiger charge is 2.20. The van der Waals surface area contributed by atoms with Gasteiger partial charge in [-0.3, -0.25) is 0 Å². The fourth-order valence-corrected chi connectivity index (χ4v) is 1.98. The van der Waals surface area contributed by atoms with Gasteiger partial charge >= 0.3 is 6.03 Å². The number of anilines is 1. The monoisotopic (exact) mass is 250 g/mol. The molecule has 0 aromatic carbocycles. The molecule has 0 radical (unpaired) electrons. The highest BCUT2D eigenvalue weighted by Crippen LogP contribution is 2.11. The molecule has 1 aliphatic heterocycles. The lowest BCUT2D eigenvalue weighted by molar-refractivity contribution is 0.248. The predicted molar refractivity (Wildman–Crippen MR) is 68.8 cm³/mol. The summed E-state index contributed by atoms with van der Waals surface area (Å²) in [5.74, 6) is 0.526. The summed E-state index contributed by atoms with van der Waals surface area (Å²) in [6.45, 7) is 1.92. The number of nitrogens with one attached hydrogen (secondary N) is 2. The van der Waals surface area contributed by atoms with Crippen LogP contribution in [0.4, 0.5) is 10.5 Å². The Morgan fingerprint density at radius 2 is 2.39 bits per heavy atom.